The Labute approximate surface area is 333 Å². The van der Waals surface area contributed by atoms with Crippen LogP contribution in [0, 0.1) is 0 Å². The molecule has 2 amide bonds. The third-order valence-electron chi connectivity index (χ3n) is 11.2. The van der Waals surface area contributed by atoms with Crippen LogP contribution in [0.4, 0.5) is 9.59 Å². The smallest absolute Gasteiger partial charge is 0.410 e. The zero-order valence-electron chi connectivity index (χ0n) is 31.7. The molecule has 6 heterocycles. The highest BCUT2D eigenvalue weighted by atomic mass is 16.6. The molecule has 12 heteroatoms. The summed E-state index contributed by atoms with van der Waals surface area (Å²) in [5.74, 6) is 1.44. The van der Waals surface area contributed by atoms with E-state index in [1.165, 1.54) is 0 Å². The van der Waals surface area contributed by atoms with Gasteiger partial charge in [-0.15, -0.1) is 0 Å². The van der Waals surface area contributed by atoms with E-state index in [4.69, 9.17) is 29.4 Å². The van der Waals surface area contributed by atoms with Gasteiger partial charge < -0.3 is 19.4 Å². The monoisotopic (exact) mass is 768 g/mol. The van der Waals surface area contributed by atoms with Gasteiger partial charge in [-0.1, -0.05) is 84.9 Å². The molecule has 58 heavy (non-hydrogen) atoms. The molecule has 0 radical (unpaired) electrons. The molecule has 4 aromatic carbocycles. The Morgan fingerprint density at radius 1 is 0.569 bits per heavy atom. The van der Waals surface area contributed by atoms with Crippen LogP contribution in [0.2, 0.25) is 0 Å². The Hall–Kier alpha value is -7.08. The van der Waals surface area contributed by atoms with Crippen molar-refractivity contribution in [2.45, 2.75) is 51.0 Å². The maximum Gasteiger partial charge on any atom is 0.410 e. The van der Waals surface area contributed by atoms with Gasteiger partial charge in [-0.2, -0.15) is 0 Å². The number of benzene rings is 4. The Morgan fingerprint density at radius 3 is 1.47 bits per heavy atom. The average molecular weight is 769 g/mol. The first-order chi connectivity index (χ1) is 28.5. The largest absolute Gasteiger partial charge is 0.445 e. The van der Waals surface area contributed by atoms with Gasteiger partial charge in [-0.05, 0) is 83.0 Å². The predicted molar refractivity (Wildman–Crippen MR) is 220 cm³/mol. The van der Waals surface area contributed by atoms with Crippen molar-refractivity contribution < 1.29 is 19.1 Å². The fourth-order valence-electron chi connectivity index (χ4n) is 8.22. The lowest BCUT2D eigenvalue weighted by atomic mass is 9.99. The quantitative estimate of drug-likeness (QED) is 0.156. The fraction of sp³-hybridized carbons (Fsp3) is 0.217. The molecule has 0 aliphatic carbocycles. The van der Waals surface area contributed by atoms with Gasteiger partial charge in [0.1, 0.15) is 24.9 Å². The van der Waals surface area contributed by atoms with Crippen molar-refractivity contribution in [2.24, 2.45) is 0 Å². The summed E-state index contributed by atoms with van der Waals surface area (Å²) in [6.07, 6.45) is 6.39. The molecule has 2 aliphatic rings. The molecule has 2 aliphatic heterocycles. The number of ether oxygens (including phenoxy) is 2. The molecule has 288 valence electrons. The summed E-state index contributed by atoms with van der Waals surface area (Å²) in [7, 11) is 0. The van der Waals surface area contributed by atoms with Crippen LogP contribution in [0.3, 0.4) is 0 Å². The van der Waals surface area contributed by atoms with E-state index >= 15 is 0 Å². The summed E-state index contributed by atoms with van der Waals surface area (Å²) in [4.78, 5) is 55.5. The number of nitrogens with zero attached hydrogens (tertiary/aromatic N) is 6. The van der Waals surface area contributed by atoms with Crippen molar-refractivity contribution in [2.75, 3.05) is 13.1 Å². The van der Waals surface area contributed by atoms with Crippen molar-refractivity contribution in [3.05, 3.63) is 144 Å². The number of hydrogen-bond acceptors (Lipinski definition) is 8. The number of nitrogens with one attached hydrogen (secondary N) is 2. The summed E-state index contributed by atoms with van der Waals surface area (Å²) in [5, 5.41) is 2.20. The summed E-state index contributed by atoms with van der Waals surface area (Å²) < 4.78 is 11.3. The maximum absolute atomic E-state index is 13.1. The summed E-state index contributed by atoms with van der Waals surface area (Å²) in [5.41, 5.74) is 8.79. The minimum absolute atomic E-state index is 0.194. The highest BCUT2D eigenvalue weighted by Gasteiger charge is 2.35. The fourth-order valence-corrected chi connectivity index (χ4v) is 8.22. The number of fused-ring (bicyclic) bond motifs is 3. The molecule has 0 spiro atoms. The van der Waals surface area contributed by atoms with Crippen molar-refractivity contribution >= 4 is 45.3 Å². The number of likely N-dealkylation sites (tertiary alicyclic amines) is 2. The first kappa shape index (κ1) is 35.3. The number of carbonyl (C=O) groups excluding carboxylic acids is 2. The highest BCUT2D eigenvalue weighted by molar-refractivity contribution is 5.92. The number of pyridine rings is 2. The van der Waals surface area contributed by atoms with Crippen LogP contribution >= 0.6 is 0 Å². The molecule has 0 bridgehead atoms. The Bertz CT molecular complexity index is 2600. The first-order valence-electron chi connectivity index (χ1n) is 19.7. The lowest BCUT2D eigenvalue weighted by Crippen LogP contribution is -2.31. The third-order valence-corrected chi connectivity index (χ3v) is 11.2. The molecule has 4 aromatic heterocycles. The molecule has 2 fully saturated rings. The van der Waals surface area contributed by atoms with E-state index in [-0.39, 0.29) is 37.5 Å². The van der Waals surface area contributed by atoms with Gasteiger partial charge in [0.25, 0.3) is 0 Å². The minimum Gasteiger partial charge on any atom is -0.445 e. The normalized spacial score (nSPS) is 16.8. The number of carbonyl (C=O) groups is 2. The number of rotatable bonds is 8. The van der Waals surface area contributed by atoms with Gasteiger partial charge in [0, 0.05) is 36.6 Å². The van der Waals surface area contributed by atoms with E-state index in [1.807, 2.05) is 73.1 Å². The van der Waals surface area contributed by atoms with Crippen LogP contribution in [-0.4, -0.2) is 65.0 Å². The molecule has 0 saturated carbocycles. The molecule has 8 aromatic rings. The van der Waals surface area contributed by atoms with Gasteiger partial charge in [0.2, 0.25) is 0 Å². The van der Waals surface area contributed by atoms with Gasteiger partial charge >= 0.3 is 12.2 Å². The molecule has 12 nitrogen and oxygen atoms in total. The second kappa shape index (κ2) is 15.1. The van der Waals surface area contributed by atoms with Crippen LogP contribution in [0.15, 0.2) is 122 Å². The van der Waals surface area contributed by atoms with Crippen molar-refractivity contribution in [3.8, 4) is 22.3 Å². The molecular formula is C46H40N8O4. The Kier molecular flexibility index (Phi) is 9.21. The SMILES string of the molecule is O=C(OCc1ccccc1)N1CCC[C@H]1c1nc2ncc(-c3ccc4cc(-c5cnc6nc([C@@H]7CCCN7C(=O)OCc7ccccc7)[nH]c6c5)ccc4c3)cc2[nH]1. The standard InChI is InChI=1S/C46H40N8O4/c55-45(57-27-29-9-3-1-4-10-29)53-19-7-13-39(53)43-49-37-23-35(25-47-41(37)51-43)33-17-15-32-22-34(18-16-31(32)21-33)36-24-38-42(48-26-36)52-44(50-38)40-14-8-20-54(40)46(56)58-28-30-11-5-2-6-12-30/h1-6,9-12,15-18,21-26,39-40H,7-8,13-14,19-20,27-28H2,(H,47,49,51)(H,48,50,52)/t39-,40-/m0/s1. The topological polar surface area (TPSA) is 142 Å². The number of imidazole rings is 2. The molecule has 2 atom stereocenters. The van der Waals surface area contributed by atoms with E-state index in [0.717, 1.165) is 92.5 Å². The minimum atomic E-state index is -0.335. The Morgan fingerprint density at radius 2 is 1.02 bits per heavy atom. The van der Waals surface area contributed by atoms with Crippen molar-refractivity contribution in [1.29, 1.82) is 0 Å². The van der Waals surface area contributed by atoms with Gasteiger partial charge in [0.05, 0.1) is 23.1 Å². The van der Waals surface area contributed by atoms with Gasteiger partial charge in [-0.3, -0.25) is 9.80 Å². The molecule has 2 N–H and O–H groups in total. The van der Waals surface area contributed by atoms with Crippen LogP contribution in [0.25, 0.3) is 55.4 Å². The van der Waals surface area contributed by atoms with E-state index < -0.39 is 0 Å². The van der Waals surface area contributed by atoms with E-state index in [1.54, 1.807) is 9.80 Å². The van der Waals surface area contributed by atoms with Crippen molar-refractivity contribution in [3.63, 3.8) is 0 Å². The highest BCUT2D eigenvalue weighted by Crippen LogP contribution is 2.35. The molecule has 0 unspecified atom stereocenters. The first-order valence-corrected chi connectivity index (χ1v) is 19.7. The summed E-state index contributed by atoms with van der Waals surface area (Å²) >= 11 is 0. The van der Waals surface area contributed by atoms with Crippen LogP contribution in [0.1, 0.15) is 60.5 Å². The second-order valence-electron chi connectivity index (χ2n) is 15.0. The summed E-state index contributed by atoms with van der Waals surface area (Å²) in [6.45, 7) is 1.71. The number of H-pyrrole nitrogens is 2. The Balaban J connectivity index is 0.835. The summed E-state index contributed by atoms with van der Waals surface area (Å²) in [6, 6.07) is 36.0. The second-order valence-corrected chi connectivity index (χ2v) is 15.0. The molecule has 2 saturated heterocycles. The van der Waals surface area contributed by atoms with Crippen molar-refractivity contribution in [1.82, 2.24) is 39.7 Å². The predicted octanol–water partition coefficient (Wildman–Crippen LogP) is 9.66. The van der Waals surface area contributed by atoms with Crippen LogP contribution in [-0.2, 0) is 22.7 Å². The van der Waals surface area contributed by atoms with E-state index in [0.29, 0.717) is 24.4 Å². The zero-order chi connectivity index (χ0) is 39.0. The zero-order valence-corrected chi connectivity index (χ0v) is 31.7. The lowest BCUT2D eigenvalue weighted by Gasteiger charge is -2.22. The number of aromatic nitrogens is 6. The molecule has 10 rings (SSSR count). The lowest BCUT2D eigenvalue weighted by molar-refractivity contribution is 0.0903. The number of amides is 2. The van der Waals surface area contributed by atoms with Gasteiger partial charge in [-0.25, -0.2) is 29.5 Å². The molecular weight excluding hydrogens is 729 g/mol. The maximum atomic E-state index is 13.1. The number of hydrogen-bond donors (Lipinski definition) is 2. The van der Waals surface area contributed by atoms with Gasteiger partial charge in [0.15, 0.2) is 11.3 Å². The number of aromatic amines is 2. The third kappa shape index (κ3) is 6.97. The van der Waals surface area contributed by atoms with E-state index in [9.17, 15) is 9.59 Å². The van der Waals surface area contributed by atoms with Crippen LogP contribution < -0.4 is 0 Å². The van der Waals surface area contributed by atoms with E-state index in [2.05, 4.69) is 58.5 Å². The average Bonchev–Trinajstić information content (AvgIpc) is 4.10. The van der Waals surface area contributed by atoms with Crippen LogP contribution in [0.5, 0.6) is 0 Å².